The summed E-state index contributed by atoms with van der Waals surface area (Å²) in [5.41, 5.74) is 1.67. The number of aromatic carboxylic acids is 1. The van der Waals surface area contributed by atoms with Crippen molar-refractivity contribution in [3.05, 3.63) is 60.4 Å². The molecule has 0 atom stereocenters. The fraction of sp³-hybridized carbons (Fsp3) is 0. The van der Waals surface area contributed by atoms with Crippen LogP contribution >= 0.6 is 0 Å². The van der Waals surface area contributed by atoms with Gasteiger partial charge < -0.3 is 15.0 Å². The molecule has 0 aliphatic rings. The molecule has 0 aliphatic carbocycles. The Morgan fingerprint density at radius 2 is 1.86 bits per heavy atom. The van der Waals surface area contributed by atoms with Crippen molar-refractivity contribution in [1.29, 1.82) is 0 Å². The third-order valence-corrected chi connectivity index (χ3v) is 3.17. The predicted molar refractivity (Wildman–Crippen MR) is 73.2 cm³/mol. The average Bonchev–Trinajstić information content (AvgIpc) is 2.47. The fourth-order valence-electron chi connectivity index (χ4n) is 2.16. The maximum atomic E-state index is 10.9. The molecule has 21 heavy (non-hydrogen) atoms. The number of hydrogen-bond acceptors (Lipinski definition) is 4. The van der Waals surface area contributed by atoms with Crippen LogP contribution in [-0.2, 0) is 0 Å². The summed E-state index contributed by atoms with van der Waals surface area (Å²) in [5, 5.41) is 22.1. The van der Waals surface area contributed by atoms with Crippen LogP contribution in [0.25, 0.3) is 21.9 Å². The van der Waals surface area contributed by atoms with Crippen LogP contribution in [-0.4, -0.2) is 16.1 Å². The summed E-state index contributed by atoms with van der Waals surface area (Å²) >= 11 is 0. The molecule has 3 rings (SSSR count). The van der Waals surface area contributed by atoms with Crippen LogP contribution in [0.5, 0.6) is 5.75 Å². The number of carboxylic acids is 1. The van der Waals surface area contributed by atoms with Gasteiger partial charge >= 0.3 is 29.6 Å². The van der Waals surface area contributed by atoms with E-state index in [0.29, 0.717) is 0 Å². The van der Waals surface area contributed by atoms with Gasteiger partial charge in [-0.05, 0) is 40.6 Å². The second kappa shape index (κ2) is 6.26. The number of hydrogen-bond donors (Lipinski definition) is 1. The number of carbonyl (C=O) groups is 1. The summed E-state index contributed by atoms with van der Waals surface area (Å²) < 4.78 is 0. The van der Waals surface area contributed by atoms with Gasteiger partial charge in [0.25, 0.3) is 0 Å². The topological polar surface area (TPSA) is 73.2 Å². The number of fused-ring (bicyclic) bond motifs is 1. The molecule has 0 aliphatic heterocycles. The molecule has 0 amide bonds. The second-order valence-electron chi connectivity index (χ2n) is 4.46. The number of nitrogens with zero attached hydrogens (tertiary/aromatic N) is 1. The first-order valence-electron chi connectivity index (χ1n) is 6.04. The molecule has 0 unspecified atom stereocenters. The molecular weight excluding hydrogens is 277 g/mol. The van der Waals surface area contributed by atoms with E-state index in [4.69, 9.17) is 0 Å². The number of benzene rings is 2. The molecule has 1 N–H and O–H groups in total. The van der Waals surface area contributed by atoms with Crippen molar-refractivity contribution in [1.82, 2.24) is 4.98 Å². The number of rotatable bonds is 2. The van der Waals surface area contributed by atoms with Crippen LogP contribution in [0.3, 0.4) is 0 Å². The smallest absolute Gasteiger partial charge is 0.545 e. The van der Waals surface area contributed by atoms with E-state index in [9.17, 15) is 15.0 Å². The largest absolute Gasteiger partial charge is 1.00 e. The number of aromatic hydroxyl groups is 1. The summed E-state index contributed by atoms with van der Waals surface area (Å²) in [4.78, 5) is 15.0. The van der Waals surface area contributed by atoms with E-state index in [1.807, 2.05) is 30.3 Å². The van der Waals surface area contributed by atoms with E-state index >= 15 is 0 Å². The van der Waals surface area contributed by atoms with Crippen molar-refractivity contribution in [2.24, 2.45) is 0 Å². The van der Waals surface area contributed by atoms with Crippen molar-refractivity contribution >= 4 is 16.7 Å². The van der Waals surface area contributed by atoms with Crippen molar-refractivity contribution in [3.63, 3.8) is 0 Å². The molecule has 0 saturated heterocycles. The molecule has 5 heteroatoms. The first kappa shape index (κ1) is 15.5. The molecule has 4 nitrogen and oxygen atoms in total. The minimum absolute atomic E-state index is 0. The van der Waals surface area contributed by atoms with Crippen LogP contribution < -0.4 is 34.7 Å². The normalized spacial score (nSPS) is 10.1. The van der Waals surface area contributed by atoms with Gasteiger partial charge in [0.15, 0.2) is 0 Å². The Labute approximate surface area is 143 Å². The monoisotopic (exact) mass is 287 g/mol. The van der Waals surface area contributed by atoms with E-state index < -0.39 is 5.97 Å². The van der Waals surface area contributed by atoms with Gasteiger partial charge in [0.1, 0.15) is 5.75 Å². The quantitative estimate of drug-likeness (QED) is 0.612. The zero-order valence-electron chi connectivity index (χ0n) is 11.4. The van der Waals surface area contributed by atoms with E-state index in [-0.39, 0.29) is 40.9 Å². The summed E-state index contributed by atoms with van der Waals surface area (Å²) in [7, 11) is 0. The molecule has 0 saturated carbocycles. The van der Waals surface area contributed by atoms with Crippen LogP contribution in [0, 0.1) is 0 Å². The van der Waals surface area contributed by atoms with Crippen molar-refractivity contribution in [2.75, 3.05) is 0 Å². The molecule has 0 spiro atoms. The Morgan fingerprint density at radius 1 is 1.05 bits per heavy atom. The Bertz CT molecular complexity index is 803. The number of pyridine rings is 1. The van der Waals surface area contributed by atoms with Gasteiger partial charge in [-0.25, -0.2) is 0 Å². The van der Waals surface area contributed by atoms with E-state index in [0.717, 1.165) is 21.9 Å². The van der Waals surface area contributed by atoms with Crippen molar-refractivity contribution in [2.45, 2.75) is 0 Å². The number of aromatic nitrogens is 1. The predicted octanol–water partition coefficient (Wildman–Crippen LogP) is -1.03. The van der Waals surface area contributed by atoms with Crippen LogP contribution in [0.15, 0.2) is 54.9 Å². The maximum absolute atomic E-state index is 10.9. The van der Waals surface area contributed by atoms with Gasteiger partial charge in [-0.2, -0.15) is 0 Å². The minimum atomic E-state index is -1.39. The number of carbonyl (C=O) groups excluding carboxylic acids is 1. The van der Waals surface area contributed by atoms with Gasteiger partial charge in [0.05, 0.1) is 5.97 Å². The van der Waals surface area contributed by atoms with Gasteiger partial charge in [0, 0.05) is 23.5 Å². The zero-order valence-corrected chi connectivity index (χ0v) is 13.4. The summed E-state index contributed by atoms with van der Waals surface area (Å²) in [5.74, 6) is -1.68. The van der Waals surface area contributed by atoms with E-state index in [1.165, 1.54) is 12.1 Å². The van der Waals surface area contributed by atoms with Gasteiger partial charge in [-0.15, -0.1) is 0 Å². The summed E-state index contributed by atoms with van der Waals surface area (Å²) in [6.07, 6.45) is 3.43. The maximum Gasteiger partial charge on any atom is 1.00 e. The molecule has 98 valence electrons. The second-order valence-corrected chi connectivity index (χ2v) is 4.46. The summed E-state index contributed by atoms with van der Waals surface area (Å²) in [6.45, 7) is 0. The Balaban J connectivity index is 0.00000161. The van der Waals surface area contributed by atoms with Crippen LogP contribution in [0.1, 0.15) is 10.4 Å². The summed E-state index contributed by atoms with van der Waals surface area (Å²) in [6, 6.07) is 12.2. The fourth-order valence-corrected chi connectivity index (χ4v) is 2.16. The van der Waals surface area contributed by atoms with Crippen LogP contribution in [0.2, 0.25) is 0 Å². The third kappa shape index (κ3) is 3.08. The SMILES string of the molecule is O=C([O-])c1cc2cc(-c3cccnc3)ccc2cc1O.[Na+]. The Hall–Kier alpha value is -1.88. The molecule has 0 radical (unpaired) electrons. The standard InChI is InChI=1S/C16H11NO3.Na/c18-15-8-11-4-3-10(12-2-1-5-17-9-12)6-13(11)7-14(15)16(19)20;/h1-9,18H,(H,19,20);/q;+1/p-1. The third-order valence-electron chi connectivity index (χ3n) is 3.17. The minimum Gasteiger partial charge on any atom is -0.545 e. The first-order chi connectivity index (χ1) is 9.65. The molecule has 1 heterocycles. The number of carboxylic acid groups (broad SMARTS) is 1. The number of phenols is 1. The Kier molecular flexibility index (Phi) is 4.63. The molecule has 3 aromatic rings. The van der Waals surface area contributed by atoms with Crippen molar-refractivity contribution in [3.8, 4) is 16.9 Å². The van der Waals surface area contributed by atoms with Gasteiger partial charge in [0.2, 0.25) is 0 Å². The van der Waals surface area contributed by atoms with Gasteiger partial charge in [-0.1, -0.05) is 18.2 Å². The van der Waals surface area contributed by atoms with Crippen molar-refractivity contribution < 1.29 is 44.6 Å². The molecular formula is C16H10NNaO3. The molecule has 1 aromatic heterocycles. The van der Waals surface area contributed by atoms with Gasteiger partial charge in [-0.3, -0.25) is 4.98 Å². The Morgan fingerprint density at radius 3 is 2.52 bits per heavy atom. The van der Waals surface area contributed by atoms with E-state index in [1.54, 1.807) is 12.4 Å². The molecule has 0 fully saturated rings. The molecule has 2 aromatic carbocycles. The first-order valence-corrected chi connectivity index (χ1v) is 6.04. The molecule has 0 bridgehead atoms. The van der Waals surface area contributed by atoms with E-state index in [2.05, 4.69) is 4.98 Å². The zero-order chi connectivity index (χ0) is 14.1. The average molecular weight is 287 g/mol. The van der Waals surface area contributed by atoms with Crippen LogP contribution in [0.4, 0.5) is 0 Å².